The maximum absolute atomic E-state index is 12.1. The molecule has 0 saturated carbocycles. The molecule has 1 aromatic carbocycles. The number of thioether (sulfide) groups is 1. The van der Waals surface area contributed by atoms with E-state index < -0.39 is 0 Å². The van der Waals surface area contributed by atoms with Crippen molar-refractivity contribution < 1.29 is 14.3 Å². The molecule has 0 fully saturated rings. The lowest BCUT2D eigenvalue weighted by Gasteiger charge is -2.13. The molecule has 1 heterocycles. The van der Waals surface area contributed by atoms with Crippen molar-refractivity contribution in [2.75, 3.05) is 12.4 Å². The molecule has 0 aliphatic heterocycles. The molecule has 0 bridgehead atoms. The van der Waals surface area contributed by atoms with Crippen molar-refractivity contribution in [1.29, 1.82) is 0 Å². The fourth-order valence-corrected chi connectivity index (χ4v) is 2.91. The van der Waals surface area contributed by atoms with E-state index in [9.17, 15) is 4.79 Å². The molecule has 0 atom stereocenters. The van der Waals surface area contributed by atoms with Gasteiger partial charge in [-0.05, 0) is 37.6 Å². The van der Waals surface area contributed by atoms with Gasteiger partial charge in [-0.25, -0.2) is 8.88 Å². The molecular weight excluding hydrogens is 320 g/mol. The Labute approximate surface area is 139 Å². The van der Waals surface area contributed by atoms with Gasteiger partial charge < -0.3 is 9.47 Å². The number of rotatable bonds is 7. The van der Waals surface area contributed by atoms with Crippen LogP contribution in [0.5, 0.6) is 5.88 Å². The summed E-state index contributed by atoms with van der Waals surface area (Å²) >= 11 is 5.73. The van der Waals surface area contributed by atoms with Gasteiger partial charge in [0.1, 0.15) is 6.61 Å². The first-order chi connectivity index (χ1) is 10.7. The van der Waals surface area contributed by atoms with Crippen LogP contribution in [0, 0.1) is 0 Å². The summed E-state index contributed by atoms with van der Waals surface area (Å²) in [5, 5.41) is 4.05. The number of benzene rings is 1. The second kappa shape index (κ2) is 8.14. The normalized spacial score (nSPS) is 10.5. The Kier molecular flexibility index (Phi) is 6.21. The summed E-state index contributed by atoms with van der Waals surface area (Å²) in [5.74, 6) is 1.03. The van der Waals surface area contributed by atoms with Crippen molar-refractivity contribution in [3.8, 4) is 5.88 Å². The Bertz CT molecular complexity index is 643. The topological polar surface area (TPSA) is 53.4 Å². The van der Waals surface area contributed by atoms with Gasteiger partial charge in [0.25, 0.3) is 0 Å². The lowest BCUT2D eigenvalue weighted by atomic mass is 10.1. The molecule has 0 aliphatic rings. The molecule has 0 N–H and O–H groups in total. The quantitative estimate of drug-likeness (QED) is 0.476. The number of thiol groups is 1. The van der Waals surface area contributed by atoms with Gasteiger partial charge in [0.2, 0.25) is 5.88 Å². The van der Waals surface area contributed by atoms with Crippen LogP contribution in [0.1, 0.15) is 29.8 Å². The summed E-state index contributed by atoms with van der Waals surface area (Å²) < 4.78 is 12.2. The second-order valence-electron chi connectivity index (χ2n) is 4.30. The van der Waals surface area contributed by atoms with E-state index in [1.165, 1.54) is 4.09 Å². The monoisotopic (exact) mass is 338 g/mol. The highest BCUT2D eigenvalue weighted by molar-refractivity contribution is 7.99. The van der Waals surface area contributed by atoms with E-state index in [0.29, 0.717) is 18.1 Å². The van der Waals surface area contributed by atoms with Crippen molar-refractivity contribution in [2.45, 2.75) is 25.3 Å². The first kappa shape index (κ1) is 16.8. The lowest BCUT2D eigenvalue weighted by Crippen LogP contribution is -2.11. The maximum Gasteiger partial charge on any atom is 0.338 e. The number of hydrogen-bond acceptors (Lipinski definition) is 6. The second-order valence-corrected chi connectivity index (χ2v) is 6.01. The fourth-order valence-electron chi connectivity index (χ4n) is 1.93. The highest BCUT2D eigenvalue weighted by Gasteiger charge is 2.17. The van der Waals surface area contributed by atoms with Gasteiger partial charge in [-0.2, -0.15) is 0 Å². The van der Waals surface area contributed by atoms with Gasteiger partial charge in [0.05, 0.1) is 12.2 Å². The van der Waals surface area contributed by atoms with Gasteiger partial charge in [-0.1, -0.05) is 13.0 Å². The Hall–Kier alpha value is -1.60. The number of esters is 1. The molecule has 0 saturated heterocycles. The van der Waals surface area contributed by atoms with Crippen molar-refractivity contribution >= 4 is 30.5 Å². The van der Waals surface area contributed by atoms with Crippen molar-refractivity contribution in [3.63, 3.8) is 0 Å². The Morgan fingerprint density at radius 2 is 2.18 bits per heavy atom. The van der Waals surface area contributed by atoms with Gasteiger partial charge in [-0.3, -0.25) is 0 Å². The largest absolute Gasteiger partial charge is 0.472 e. The Morgan fingerprint density at radius 1 is 1.36 bits per heavy atom. The molecule has 2 aromatic rings. The average molecular weight is 338 g/mol. The average Bonchev–Trinajstić information content (AvgIpc) is 2.92. The minimum absolute atomic E-state index is 0.252. The van der Waals surface area contributed by atoms with Crippen LogP contribution < -0.4 is 4.74 Å². The predicted octanol–water partition coefficient (Wildman–Crippen LogP) is 3.44. The molecule has 0 spiro atoms. The summed E-state index contributed by atoms with van der Waals surface area (Å²) in [6, 6.07) is 7.31. The van der Waals surface area contributed by atoms with Crippen LogP contribution in [0.15, 0.2) is 35.4 Å². The first-order valence-corrected chi connectivity index (χ1v) is 8.33. The minimum Gasteiger partial charge on any atom is -0.472 e. The predicted molar refractivity (Wildman–Crippen MR) is 89.7 cm³/mol. The molecule has 7 heteroatoms. The SMILES string of the molecule is CCOC(=O)c1cccc(SCC)c1COc1ccn(S)n1. The minimum atomic E-state index is -0.334. The Balaban J connectivity index is 2.26. The summed E-state index contributed by atoms with van der Waals surface area (Å²) in [6.45, 7) is 4.45. The van der Waals surface area contributed by atoms with Crippen LogP contribution in [-0.2, 0) is 11.3 Å². The van der Waals surface area contributed by atoms with Crippen molar-refractivity contribution in [3.05, 3.63) is 41.6 Å². The molecule has 0 aliphatic carbocycles. The molecule has 22 heavy (non-hydrogen) atoms. The molecular formula is C15H18N2O3S2. The van der Waals surface area contributed by atoms with Crippen LogP contribution in [0.4, 0.5) is 0 Å². The highest BCUT2D eigenvalue weighted by Crippen LogP contribution is 2.27. The van der Waals surface area contributed by atoms with Crippen molar-refractivity contribution in [1.82, 2.24) is 9.19 Å². The van der Waals surface area contributed by atoms with Gasteiger partial charge >= 0.3 is 5.97 Å². The number of aromatic nitrogens is 2. The third-order valence-electron chi connectivity index (χ3n) is 2.84. The number of carbonyl (C=O) groups is 1. The van der Waals surface area contributed by atoms with E-state index in [0.717, 1.165) is 16.2 Å². The van der Waals surface area contributed by atoms with Crippen molar-refractivity contribution in [2.24, 2.45) is 0 Å². The van der Waals surface area contributed by atoms with Gasteiger partial charge in [0, 0.05) is 22.7 Å². The number of ether oxygens (including phenoxy) is 2. The smallest absolute Gasteiger partial charge is 0.338 e. The zero-order chi connectivity index (χ0) is 15.9. The molecule has 0 radical (unpaired) electrons. The molecule has 2 rings (SSSR count). The van der Waals surface area contributed by atoms with Crippen LogP contribution in [0.3, 0.4) is 0 Å². The van der Waals surface area contributed by atoms with E-state index in [1.807, 2.05) is 12.1 Å². The van der Waals surface area contributed by atoms with E-state index in [1.54, 1.807) is 37.0 Å². The van der Waals surface area contributed by atoms with E-state index in [2.05, 4.69) is 24.8 Å². The van der Waals surface area contributed by atoms with Gasteiger partial charge in [-0.15, -0.1) is 16.9 Å². The maximum atomic E-state index is 12.1. The van der Waals surface area contributed by atoms with Crippen LogP contribution in [0.25, 0.3) is 0 Å². The summed E-state index contributed by atoms with van der Waals surface area (Å²) in [4.78, 5) is 13.1. The molecule has 118 valence electrons. The zero-order valence-electron chi connectivity index (χ0n) is 12.5. The van der Waals surface area contributed by atoms with E-state index >= 15 is 0 Å². The van der Waals surface area contributed by atoms with Crippen LogP contribution >= 0.6 is 24.6 Å². The standard InChI is InChI=1S/C15H18N2O3S2/c1-3-19-15(18)11-6-5-7-13(22-4-2)12(11)10-20-14-8-9-17(21)16-14/h5-9,21H,3-4,10H2,1-2H3. The van der Waals surface area contributed by atoms with E-state index in [-0.39, 0.29) is 12.6 Å². The number of nitrogens with zero attached hydrogens (tertiary/aromatic N) is 2. The zero-order valence-corrected chi connectivity index (χ0v) is 14.2. The molecule has 5 nitrogen and oxygen atoms in total. The summed E-state index contributed by atoms with van der Waals surface area (Å²) in [5.41, 5.74) is 1.35. The Morgan fingerprint density at radius 3 is 2.82 bits per heavy atom. The van der Waals surface area contributed by atoms with Gasteiger partial charge in [0.15, 0.2) is 0 Å². The fraction of sp³-hybridized carbons (Fsp3) is 0.333. The third-order valence-corrected chi connectivity index (χ3v) is 4.05. The summed E-state index contributed by atoms with van der Waals surface area (Å²) in [7, 11) is 0. The van der Waals surface area contributed by atoms with E-state index in [4.69, 9.17) is 9.47 Å². The molecule has 0 amide bonds. The summed E-state index contributed by atoms with van der Waals surface area (Å²) in [6.07, 6.45) is 1.68. The number of carbonyl (C=O) groups excluding carboxylic acids is 1. The molecule has 0 unspecified atom stereocenters. The lowest BCUT2D eigenvalue weighted by molar-refractivity contribution is 0.0523. The first-order valence-electron chi connectivity index (χ1n) is 6.95. The van der Waals surface area contributed by atoms with Crippen LogP contribution in [0.2, 0.25) is 0 Å². The molecule has 1 aromatic heterocycles. The highest BCUT2D eigenvalue weighted by atomic mass is 32.2. The third kappa shape index (κ3) is 4.20. The van der Waals surface area contributed by atoms with Crippen LogP contribution in [-0.4, -0.2) is 27.5 Å². The number of hydrogen-bond donors (Lipinski definition) is 1.